The Bertz CT molecular complexity index is 1090. The predicted octanol–water partition coefficient (Wildman–Crippen LogP) is 3.63. The first-order chi connectivity index (χ1) is 14.9. The summed E-state index contributed by atoms with van der Waals surface area (Å²) in [6, 6.07) is 17.7. The fraction of sp³-hybridized carbons (Fsp3) is 0.0870. The van der Waals surface area contributed by atoms with Crippen LogP contribution in [0.5, 0.6) is 0 Å². The van der Waals surface area contributed by atoms with Crippen LogP contribution in [0.3, 0.4) is 0 Å². The quantitative estimate of drug-likeness (QED) is 0.424. The predicted molar refractivity (Wildman–Crippen MR) is 118 cm³/mol. The van der Waals surface area contributed by atoms with Crippen LogP contribution in [0.2, 0.25) is 0 Å². The molecule has 1 aromatic heterocycles. The third kappa shape index (κ3) is 6.16. The van der Waals surface area contributed by atoms with Crippen LogP contribution in [-0.2, 0) is 16.0 Å². The van der Waals surface area contributed by atoms with Gasteiger partial charge in [-0.1, -0.05) is 42.5 Å². The van der Waals surface area contributed by atoms with Gasteiger partial charge >= 0.3 is 5.97 Å². The lowest BCUT2D eigenvalue weighted by Crippen LogP contribution is -2.45. The van der Waals surface area contributed by atoms with Crippen molar-refractivity contribution in [3.05, 3.63) is 100 Å². The number of nitrogens with one attached hydrogen (secondary N) is 2. The largest absolute Gasteiger partial charge is 0.480 e. The minimum atomic E-state index is -1.19. The van der Waals surface area contributed by atoms with Gasteiger partial charge in [0.2, 0.25) is 0 Å². The average molecular weight is 483 g/mol. The number of carbonyl (C=O) groups is 3. The van der Waals surface area contributed by atoms with Crippen molar-refractivity contribution in [3.8, 4) is 0 Å². The SMILES string of the molecule is O=C(N[C@H](Cc1ccccc1)C(=O)O)/C(=C\c1ccco1)NC(=O)c1ccccc1Br. The van der Waals surface area contributed by atoms with Gasteiger partial charge in [0.1, 0.15) is 17.5 Å². The maximum Gasteiger partial charge on any atom is 0.326 e. The fourth-order valence-electron chi connectivity index (χ4n) is 2.79. The molecule has 2 aromatic carbocycles. The third-order valence-corrected chi connectivity index (χ3v) is 5.02. The van der Waals surface area contributed by atoms with Crippen LogP contribution in [0.1, 0.15) is 21.7 Å². The molecule has 1 heterocycles. The molecule has 0 saturated carbocycles. The van der Waals surface area contributed by atoms with Crippen molar-refractivity contribution < 1.29 is 23.9 Å². The monoisotopic (exact) mass is 482 g/mol. The minimum absolute atomic E-state index is 0.0914. The molecule has 1 atom stereocenters. The van der Waals surface area contributed by atoms with Crippen LogP contribution in [0.4, 0.5) is 0 Å². The highest BCUT2D eigenvalue weighted by atomic mass is 79.9. The first kappa shape index (κ1) is 22.0. The van der Waals surface area contributed by atoms with Gasteiger partial charge in [-0.15, -0.1) is 0 Å². The summed E-state index contributed by atoms with van der Waals surface area (Å²) in [5, 5.41) is 14.6. The number of furan rings is 1. The number of amides is 2. The van der Waals surface area contributed by atoms with Gasteiger partial charge in [0.15, 0.2) is 0 Å². The molecular weight excluding hydrogens is 464 g/mol. The van der Waals surface area contributed by atoms with E-state index >= 15 is 0 Å². The summed E-state index contributed by atoms with van der Waals surface area (Å²) >= 11 is 3.30. The summed E-state index contributed by atoms with van der Waals surface area (Å²) in [4.78, 5) is 37.3. The van der Waals surface area contributed by atoms with Crippen molar-refractivity contribution in [2.24, 2.45) is 0 Å². The molecule has 0 bridgehead atoms. The third-order valence-electron chi connectivity index (χ3n) is 4.33. The Balaban J connectivity index is 1.82. The van der Waals surface area contributed by atoms with E-state index in [9.17, 15) is 19.5 Å². The number of halogens is 1. The number of hydrogen-bond acceptors (Lipinski definition) is 4. The van der Waals surface area contributed by atoms with Crippen molar-refractivity contribution in [1.82, 2.24) is 10.6 Å². The second kappa shape index (κ2) is 10.4. The van der Waals surface area contributed by atoms with Crippen LogP contribution in [0.25, 0.3) is 6.08 Å². The van der Waals surface area contributed by atoms with Crippen LogP contribution in [0.15, 0.2) is 87.6 Å². The summed E-state index contributed by atoms with van der Waals surface area (Å²) in [7, 11) is 0. The van der Waals surface area contributed by atoms with Gasteiger partial charge in [-0.05, 0) is 45.8 Å². The van der Waals surface area contributed by atoms with E-state index in [-0.39, 0.29) is 12.1 Å². The van der Waals surface area contributed by atoms with Crippen molar-refractivity contribution >= 4 is 39.8 Å². The molecule has 0 aliphatic heterocycles. The molecule has 0 aliphatic rings. The van der Waals surface area contributed by atoms with Crippen LogP contribution in [-0.4, -0.2) is 28.9 Å². The van der Waals surface area contributed by atoms with Gasteiger partial charge in [0, 0.05) is 17.0 Å². The smallest absolute Gasteiger partial charge is 0.326 e. The van der Waals surface area contributed by atoms with Gasteiger partial charge < -0.3 is 20.2 Å². The molecular formula is C23H19BrN2O5. The lowest BCUT2D eigenvalue weighted by Gasteiger charge is -2.17. The maximum absolute atomic E-state index is 12.9. The van der Waals surface area contributed by atoms with Gasteiger partial charge in [0.25, 0.3) is 11.8 Å². The van der Waals surface area contributed by atoms with Crippen molar-refractivity contribution in [3.63, 3.8) is 0 Å². The topological polar surface area (TPSA) is 109 Å². The zero-order valence-corrected chi connectivity index (χ0v) is 17.8. The summed E-state index contributed by atoms with van der Waals surface area (Å²) in [5.41, 5.74) is 0.929. The van der Waals surface area contributed by atoms with Crippen LogP contribution < -0.4 is 10.6 Å². The van der Waals surface area contributed by atoms with E-state index in [1.165, 1.54) is 12.3 Å². The Morgan fingerprint density at radius 2 is 1.71 bits per heavy atom. The summed E-state index contributed by atoms with van der Waals surface area (Å²) < 4.78 is 5.79. The molecule has 0 radical (unpaired) electrons. The van der Waals surface area contributed by atoms with Crippen molar-refractivity contribution in [2.45, 2.75) is 12.5 Å². The first-order valence-corrected chi connectivity index (χ1v) is 10.1. The van der Waals surface area contributed by atoms with E-state index < -0.39 is 23.8 Å². The van der Waals surface area contributed by atoms with E-state index in [1.807, 2.05) is 6.07 Å². The molecule has 0 unspecified atom stereocenters. The summed E-state index contributed by atoms with van der Waals surface area (Å²) in [6.45, 7) is 0. The number of rotatable bonds is 8. The Morgan fingerprint density at radius 3 is 2.35 bits per heavy atom. The normalized spacial score (nSPS) is 12.1. The van der Waals surface area contributed by atoms with Gasteiger partial charge in [-0.3, -0.25) is 9.59 Å². The zero-order chi connectivity index (χ0) is 22.2. The van der Waals surface area contributed by atoms with E-state index in [0.29, 0.717) is 15.8 Å². The number of carbonyl (C=O) groups excluding carboxylic acids is 2. The van der Waals surface area contributed by atoms with Crippen molar-refractivity contribution in [1.29, 1.82) is 0 Å². The van der Waals surface area contributed by atoms with E-state index in [1.54, 1.807) is 60.7 Å². The molecule has 0 spiro atoms. The Kier molecular flexibility index (Phi) is 7.40. The van der Waals surface area contributed by atoms with Crippen molar-refractivity contribution in [2.75, 3.05) is 0 Å². The highest BCUT2D eigenvalue weighted by Crippen LogP contribution is 2.16. The Labute approximate surface area is 186 Å². The first-order valence-electron chi connectivity index (χ1n) is 9.32. The molecule has 3 N–H and O–H groups in total. The van der Waals surface area contributed by atoms with Crippen LogP contribution in [0, 0.1) is 0 Å². The second-order valence-electron chi connectivity index (χ2n) is 6.56. The molecule has 158 valence electrons. The molecule has 3 aromatic rings. The molecule has 7 nitrogen and oxygen atoms in total. The lowest BCUT2D eigenvalue weighted by molar-refractivity contribution is -0.141. The number of hydrogen-bond donors (Lipinski definition) is 3. The standard InChI is InChI=1S/C23H19BrN2O5/c24-18-11-5-4-10-17(18)21(27)25-19(14-16-9-6-12-31-16)22(28)26-20(23(29)30)13-15-7-2-1-3-8-15/h1-12,14,20H,13H2,(H,25,27)(H,26,28)(H,29,30)/b19-14+/t20-/m1/s1. The van der Waals surface area contributed by atoms with Gasteiger partial charge in [-0.25, -0.2) is 4.79 Å². The highest BCUT2D eigenvalue weighted by Gasteiger charge is 2.24. The molecule has 2 amide bonds. The molecule has 31 heavy (non-hydrogen) atoms. The van der Waals surface area contributed by atoms with E-state index in [0.717, 1.165) is 5.56 Å². The number of carboxylic acids is 1. The van der Waals surface area contributed by atoms with Gasteiger partial charge in [0.05, 0.1) is 11.8 Å². The molecule has 0 fully saturated rings. The minimum Gasteiger partial charge on any atom is -0.480 e. The second-order valence-corrected chi connectivity index (χ2v) is 7.42. The molecule has 0 aliphatic carbocycles. The number of benzene rings is 2. The lowest BCUT2D eigenvalue weighted by atomic mass is 10.1. The molecule has 3 rings (SSSR count). The number of carboxylic acid groups (broad SMARTS) is 1. The fourth-order valence-corrected chi connectivity index (χ4v) is 3.26. The molecule has 8 heteroatoms. The summed E-state index contributed by atoms with van der Waals surface area (Å²) in [5.74, 6) is -2.14. The van der Waals surface area contributed by atoms with E-state index in [2.05, 4.69) is 26.6 Å². The summed E-state index contributed by atoms with van der Waals surface area (Å²) in [6.07, 6.45) is 2.85. The van der Waals surface area contributed by atoms with E-state index in [4.69, 9.17) is 4.42 Å². The highest BCUT2D eigenvalue weighted by molar-refractivity contribution is 9.10. The Hall–Kier alpha value is -3.65. The molecule has 0 saturated heterocycles. The van der Waals surface area contributed by atoms with Gasteiger partial charge in [-0.2, -0.15) is 0 Å². The average Bonchev–Trinajstić information content (AvgIpc) is 3.27. The van der Waals surface area contributed by atoms with Crippen LogP contribution >= 0.6 is 15.9 Å². The maximum atomic E-state index is 12.9. The Morgan fingerprint density at radius 1 is 1.00 bits per heavy atom. The number of aliphatic carboxylic acids is 1. The zero-order valence-electron chi connectivity index (χ0n) is 16.2.